The van der Waals surface area contributed by atoms with Crippen molar-refractivity contribution in [2.75, 3.05) is 5.73 Å². The van der Waals surface area contributed by atoms with E-state index in [0.717, 1.165) is 5.69 Å². The van der Waals surface area contributed by atoms with Crippen molar-refractivity contribution in [2.45, 2.75) is 6.92 Å². The number of carbonyl (C=O) groups excluding carboxylic acids is 1. The summed E-state index contributed by atoms with van der Waals surface area (Å²) in [4.78, 5) is 20.4. The van der Waals surface area contributed by atoms with Gasteiger partial charge in [-0.05, 0) is 31.2 Å². The minimum Gasteiger partial charge on any atom is -0.432 e. The Bertz CT molecular complexity index is 763. The van der Waals surface area contributed by atoms with Crippen LogP contribution in [-0.4, -0.2) is 15.8 Å². The van der Waals surface area contributed by atoms with Gasteiger partial charge in [-0.1, -0.05) is 0 Å². The normalized spacial score (nSPS) is 10.8. The van der Waals surface area contributed by atoms with Crippen molar-refractivity contribution in [1.29, 1.82) is 0 Å². The second-order valence-corrected chi connectivity index (χ2v) is 4.22. The maximum absolute atomic E-state index is 12.3. The van der Waals surface area contributed by atoms with Crippen molar-refractivity contribution in [3.05, 3.63) is 53.7 Å². The van der Waals surface area contributed by atoms with Crippen LogP contribution in [0.15, 0.2) is 41.1 Å². The zero-order valence-electron chi connectivity index (χ0n) is 10.3. The maximum Gasteiger partial charge on any atom is 0.230 e. The molecule has 3 heterocycles. The van der Waals surface area contributed by atoms with Crippen LogP contribution in [0.3, 0.4) is 0 Å². The van der Waals surface area contributed by atoms with Gasteiger partial charge in [0.15, 0.2) is 0 Å². The SMILES string of the molecule is Cc1ccc2c(N)c(C(=O)c3ccncc3)oc2n1. The number of nitrogens with two attached hydrogens (primary N) is 1. The molecule has 5 nitrogen and oxygen atoms in total. The Morgan fingerprint density at radius 1 is 1.21 bits per heavy atom. The molecular formula is C14H11N3O2. The van der Waals surface area contributed by atoms with Crippen molar-refractivity contribution in [3.63, 3.8) is 0 Å². The van der Waals surface area contributed by atoms with E-state index in [9.17, 15) is 4.79 Å². The van der Waals surface area contributed by atoms with E-state index in [2.05, 4.69) is 9.97 Å². The summed E-state index contributed by atoms with van der Waals surface area (Å²) < 4.78 is 5.49. The highest BCUT2D eigenvalue weighted by Crippen LogP contribution is 2.28. The number of nitrogens with zero attached hydrogens (tertiary/aromatic N) is 2. The molecule has 2 N–H and O–H groups in total. The molecule has 0 bridgehead atoms. The van der Waals surface area contributed by atoms with E-state index in [1.54, 1.807) is 30.6 Å². The Labute approximate surface area is 109 Å². The van der Waals surface area contributed by atoms with Gasteiger partial charge >= 0.3 is 0 Å². The zero-order chi connectivity index (χ0) is 13.4. The monoisotopic (exact) mass is 253 g/mol. The lowest BCUT2D eigenvalue weighted by Gasteiger charge is -1.97. The van der Waals surface area contributed by atoms with E-state index in [1.807, 2.05) is 13.0 Å². The fourth-order valence-electron chi connectivity index (χ4n) is 1.89. The number of fused-ring (bicyclic) bond motifs is 1. The summed E-state index contributed by atoms with van der Waals surface area (Å²) in [6, 6.07) is 6.87. The van der Waals surface area contributed by atoms with E-state index in [0.29, 0.717) is 22.4 Å². The van der Waals surface area contributed by atoms with Gasteiger partial charge in [0, 0.05) is 23.7 Å². The molecular weight excluding hydrogens is 242 g/mol. The predicted octanol–water partition coefficient (Wildman–Crippen LogP) is 2.34. The van der Waals surface area contributed by atoms with Crippen LogP contribution in [0.5, 0.6) is 0 Å². The number of furan rings is 1. The Kier molecular flexibility index (Phi) is 2.52. The Morgan fingerprint density at radius 3 is 2.68 bits per heavy atom. The third-order valence-electron chi connectivity index (χ3n) is 2.88. The van der Waals surface area contributed by atoms with Crippen molar-refractivity contribution >= 4 is 22.6 Å². The lowest BCUT2D eigenvalue weighted by atomic mass is 10.1. The van der Waals surface area contributed by atoms with E-state index >= 15 is 0 Å². The fraction of sp³-hybridized carbons (Fsp3) is 0.0714. The molecule has 0 atom stereocenters. The first-order valence-electron chi connectivity index (χ1n) is 5.77. The number of hydrogen-bond acceptors (Lipinski definition) is 5. The van der Waals surface area contributed by atoms with Crippen LogP contribution in [0.2, 0.25) is 0 Å². The van der Waals surface area contributed by atoms with E-state index < -0.39 is 0 Å². The van der Waals surface area contributed by atoms with Crippen LogP contribution in [0, 0.1) is 6.92 Å². The lowest BCUT2D eigenvalue weighted by Crippen LogP contribution is -2.02. The summed E-state index contributed by atoms with van der Waals surface area (Å²) in [5, 5.41) is 0.656. The molecule has 0 aromatic carbocycles. The van der Waals surface area contributed by atoms with Gasteiger partial charge in [-0.25, -0.2) is 4.98 Å². The highest BCUT2D eigenvalue weighted by molar-refractivity contribution is 6.13. The topological polar surface area (TPSA) is 82.0 Å². The Morgan fingerprint density at radius 2 is 1.95 bits per heavy atom. The van der Waals surface area contributed by atoms with Gasteiger partial charge in [-0.15, -0.1) is 0 Å². The van der Waals surface area contributed by atoms with Gasteiger partial charge in [0.2, 0.25) is 17.3 Å². The first kappa shape index (κ1) is 11.4. The summed E-state index contributed by atoms with van der Waals surface area (Å²) >= 11 is 0. The number of anilines is 1. The number of carbonyl (C=O) groups is 1. The quantitative estimate of drug-likeness (QED) is 0.709. The molecule has 0 saturated heterocycles. The van der Waals surface area contributed by atoms with Crippen molar-refractivity contribution in [2.24, 2.45) is 0 Å². The first-order valence-corrected chi connectivity index (χ1v) is 5.77. The van der Waals surface area contributed by atoms with E-state index in [4.69, 9.17) is 10.2 Å². The molecule has 3 aromatic rings. The fourth-order valence-corrected chi connectivity index (χ4v) is 1.89. The van der Waals surface area contributed by atoms with Gasteiger partial charge in [-0.3, -0.25) is 9.78 Å². The summed E-state index contributed by atoms with van der Waals surface area (Å²) in [6.07, 6.45) is 3.10. The minimum absolute atomic E-state index is 0.124. The number of hydrogen-bond donors (Lipinski definition) is 1. The number of nitrogen functional groups attached to an aromatic ring is 1. The van der Waals surface area contributed by atoms with E-state index in [-0.39, 0.29) is 11.5 Å². The molecule has 0 radical (unpaired) electrons. The summed E-state index contributed by atoms with van der Waals surface area (Å²) in [5.41, 5.74) is 7.96. The van der Waals surface area contributed by atoms with Crippen molar-refractivity contribution < 1.29 is 9.21 Å². The smallest absolute Gasteiger partial charge is 0.230 e. The number of ketones is 1. The summed E-state index contributed by atoms with van der Waals surface area (Å²) in [5.74, 6) is -0.144. The largest absolute Gasteiger partial charge is 0.432 e. The van der Waals surface area contributed by atoms with Gasteiger partial charge < -0.3 is 10.2 Å². The molecule has 0 saturated carbocycles. The van der Waals surface area contributed by atoms with Crippen LogP contribution in [0.25, 0.3) is 11.1 Å². The summed E-state index contributed by atoms with van der Waals surface area (Å²) in [7, 11) is 0. The molecule has 3 rings (SSSR count). The second-order valence-electron chi connectivity index (χ2n) is 4.22. The third-order valence-corrected chi connectivity index (χ3v) is 2.88. The van der Waals surface area contributed by atoms with Gasteiger partial charge in [0.05, 0.1) is 11.1 Å². The molecule has 0 spiro atoms. The first-order chi connectivity index (χ1) is 9.16. The molecule has 0 aliphatic carbocycles. The van der Waals surface area contributed by atoms with E-state index in [1.165, 1.54) is 0 Å². The molecule has 94 valence electrons. The Hall–Kier alpha value is -2.69. The van der Waals surface area contributed by atoms with Gasteiger partial charge in [0.25, 0.3) is 0 Å². The third kappa shape index (κ3) is 1.85. The standard InChI is InChI=1S/C14H11N3O2/c1-8-2-3-10-11(15)13(19-14(10)17-8)12(18)9-4-6-16-7-5-9/h2-7H,15H2,1H3. The highest BCUT2D eigenvalue weighted by Gasteiger charge is 2.20. The van der Waals surface area contributed by atoms with Crippen LogP contribution < -0.4 is 5.73 Å². The lowest BCUT2D eigenvalue weighted by molar-refractivity contribution is 0.101. The predicted molar refractivity (Wildman–Crippen MR) is 70.8 cm³/mol. The average Bonchev–Trinajstić information content (AvgIpc) is 2.75. The average molecular weight is 253 g/mol. The van der Waals surface area contributed by atoms with Gasteiger partial charge in [0.1, 0.15) is 0 Å². The molecule has 0 amide bonds. The van der Waals surface area contributed by atoms with Crippen molar-refractivity contribution in [1.82, 2.24) is 9.97 Å². The van der Waals surface area contributed by atoms with Crippen LogP contribution >= 0.6 is 0 Å². The van der Waals surface area contributed by atoms with Gasteiger partial charge in [-0.2, -0.15) is 0 Å². The zero-order valence-corrected chi connectivity index (χ0v) is 10.3. The number of pyridine rings is 2. The van der Waals surface area contributed by atoms with Crippen LogP contribution in [0.4, 0.5) is 5.69 Å². The molecule has 19 heavy (non-hydrogen) atoms. The number of aromatic nitrogens is 2. The van der Waals surface area contributed by atoms with Crippen LogP contribution in [0.1, 0.15) is 21.8 Å². The molecule has 5 heteroatoms. The number of aryl methyl sites for hydroxylation is 1. The molecule has 0 unspecified atom stereocenters. The molecule has 0 aliphatic heterocycles. The molecule has 0 fully saturated rings. The van der Waals surface area contributed by atoms with Crippen LogP contribution in [-0.2, 0) is 0 Å². The minimum atomic E-state index is -0.268. The maximum atomic E-state index is 12.3. The molecule has 3 aromatic heterocycles. The second kappa shape index (κ2) is 4.20. The number of rotatable bonds is 2. The summed E-state index contributed by atoms with van der Waals surface area (Å²) in [6.45, 7) is 1.85. The molecule has 0 aliphatic rings. The highest BCUT2D eigenvalue weighted by atomic mass is 16.4. The van der Waals surface area contributed by atoms with Crippen molar-refractivity contribution in [3.8, 4) is 0 Å². The Balaban J connectivity index is 2.16.